The molecule has 2 aliphatic rings. The van der Waals surface area contributed by atoms with Gasteiger partial charge in [0.25, 0.3) is 0 Å². The molecule has 0 aromatic heterocycles. The van der Waals surface area contributed by atoms with Crippen molar-refractivity contribution in [3.8, 4) is 0 Å². The number of hydrogen-bond acceptors (Lipinski definition) is 7. The SMILES string of the molecule is CCOCCCNC(=O)Cc1ccc(NC2=N[C@@H]3CS(=O)(=O)C[C@H]3S2)cc1. The van der Waals surface area contributed by atoms with Gasteiger partial charge in [-0.1, -0.05) is 23.9 Å². The quantitative estimate of drug-likeness (QED) is 0.629. The van der Waals surface area contributed by atoms with Gasteiger partial charge < -0.3 is 15.4 Å². The highest BCUT2D eigenvalue weighted by Gasteiger charge is 2.42. The van der Waals surface area contributed by atoms with Crippen LogP contribution in [-0.4, -0.2) is 62.0 Å². The summed E-state index contributed by atoms with van der Waals surface area (Å²) in [6, 6.07) is 7.51. The van der Waals surface area contributed by atoms with Crippen molar-refractivity contribution < 1.29 is 17.9 Å². The maximum absolute atomic E-state index is 11.9. The van der Waals surface area contributed by atoms with Crippen LogP contribution < -0.4 is 10.6 Å². The summed E-state index contributed by atoms with van der Waals surface area (Å²) in [5.41, 5.74) is 1.82. The van der Waals surface area contributed by atoms with E-state index < -0.39 is 9.84 Å². The third-order valence-corrected chi connectivity index (χ3v) is 7.52. The first-order valence-electron chi connectivity index (χ1n) is 9.10. The summed E-state index contributed by atoms with van der Waals surface area (Å²) in [4.78, 5) is 16.4. The zero-order valence-corrected chi connectivity index (χ0v) is 16.9. The van der Waals surface area contributed by atoms with Gasteiger partial charge in [-0.25, -0.2) is 8.42 Å². The molecule has 1 aromatic carbocycles. The molecule has 1 amide bonds. The number of nitrogens with zero attached hydrogens (tertiary/aromatic N) is 1. The van der Waals surface area contributed by atoms with E-state index in [-0.39, 0.29) is 28.7 Å². The van der Waals surface area contributed by atoms with Crippen LogP contribution in [0.1, 0.15) is 18.9 Å². The Morgan fingerprint density at radius 2 is 2.07 bits per heavy atom. The Morgan fingerprint density at radius 3 is 2.78 bits per heavy atom. The normalized spacial score (nSPS) is 22.9. The molecule has 0 bridgehead atoms. The number of fused-ring (bicyclic) bond motifs is 1. The van der Waals surface area contributed by atoms with E-state index in [1.54, 1.807) is 0 Å². The van der Waals surface area contributed by atoms with Crippen molar-refractivity contribution >= 4 is 38.4 Å². The lowest BCUT2D eigenvalue weighted by Gasteiger charge is -2.08. The second-order valence-electron chi connectivity index (χ2n) is 6.63. The molecule has 2 aliphatic heterocycles. The van der Waals surface area contributed by atoms with Crippen molar-refractivity contribution in [1.29, 1.82) is 0 Å². The average Bonchev–Trinajstić information content (AvgIpc) is 3.09. The summed E-state index contributed by atoms with van der Waals surface area (Å²) >= 11 is 1.49. The van der Waals surface area contributed by atoms with Gasteiger partial charge in [0, 0.05) is 30.7 Å². The number of rotatable bonds is 8. The number of amides is 1. The zero-order valence-electron chi connectivity index (χ0n) is 15.3. The van der Waals surface area contributed by atoms with Crippen LogP contribution in [-0.2, 0) is 25.8 Å². The molecular formula is C18H25N3O4S2. The van der Waals surface area contributed by atoms with Gasteiger partial charge >= 0.3 is 0 Å². The van der Waals surface area contributed by atoms with Crippen molar-refractivity contribution in [2.24, 2.45) is 4.99 Å². The predicted octanol–water partition coefficient (Wildman–Crippen LogP) is 1.45. The fourth-order valence-corrected chi connectivity index (χ4v) is 6.72. The van der Waals surface area contributed by atoms with Crippen molar-refractivity contribution in [3.05, 3.63) is 29.8 Å². The van der Waals surface area contributed by atoms with E-state index in [2.05, 4.69) is 15.6 Å². The number of benzene rings is 1. The fourth-order valence-electron chi connectivity index (χ4n) is 3.04. The molecule has 0 unspecified atom stereocenters. The van der Waals surface area contributed by atoms with Gasteiger partial charge in [0.1, 0.15) is 0 Å². The Labute approximate surface area is 164 Å². The molecular weight excluding hydrogens is 386 g/mol. The van der Waals surface area contributed by atoms with E-state index in [0.29, 0.717) is 26.2 Å². The van der Waals surface area contributed by atoms with Gasteiger partial charge in [-0.05, 0) is 31.0 Å². The van der Waals surface area contributed by atoms with E-state index in [1.807, 2.05) is 31.2 Å². The highest BCUT2D eigenvalue weighted by Crippen LogP contribution is 2.34. The Balaban J connectivity index is 1.43. The number of hydrogen-bond donors (Lipinski definition) is 2. The third kappa shape index (κ3) is 5.95. The monoisotopic (exact) mass is 411 g/mol. The first kappa shape index (κ1) is 20.2. The smallest absolute Gasteiger partial charge is 0.224 e. The lowest BCUT2D eigenvalue weighted by atomic mass is 10.1. The lowest BCUT2D eigenvalue weighted by molar-refractivity contribution is -0.120. The maximum atomic E-state index is 11.9. The molecule has 2 atom stereocenters. The summed E-state index contributed by atoms with van der Waals surface area (Å²) in [6.07, 6.45) is 1.15. The van der Waals surface area contributed by atoms with Crippen LogP contribution >= 0.6 is 11.8 Å². The van der Waals surface area contributed by atoms with Crippen LogP contribution in [0, 0.1) is 0 Å². The topological polar surface area (TPSA) is 96.9 Å². The molecule has 0 aliphatic carbocycles. The molecule has 1 saturated heterocycles. The van der Waals surface area contributed by atoms with Crippen LogP contribution in [0.5, 0.6) is 0 Å². The number of ether oxygens (including phenoxy) is 1. The van der Waals surface area contributed by atoms with Crippen LogP contribution in [0.3, 0.4) is 0 Å². The van der Waals surface area contributed by atoms with Crippen molar-refractivity contribution in [3.63, 3.8) is 0 Å². The van der Waals surface area contributed by atoms with Gasteiger partial charge in [-0.3, -0.25) is 9.79 Å². The summed E-state index contributed by atoms with van der Waals surface area (Å²) in [6.45, 7) is 3.92. The van der Waals surface area contributed by atoms with Crippen LogP contribution in [0.25, 0.3) is 0 Å². The Morgan fingerprint density at radius 1 is 1.30 bits per heavy atom. The number of carbonyl (C=O) groups is 1. The van der Waals surface area contributed by atoms with Crippen molar-refractivity contribution in [2.75, 3.05) is 36.6 Å². The molecule has 3 rings (SSSR count). The minimum atomic E-state index is -2.93. The third-order valence-electron chi connectivity index (χ3n) is 4.38. The van der Waals surface area contributed by atoms with Gasteiger partial charge in [0.2, 0.25) is 5.91 Å². The Bertz CT molecular complexity index is 793. The van der Waals surface area contributed by atoms with Crippen LogP contribution in [0.4, 0.5) is 5.69 Å². The molecule has 0 saturated carbocycles. The molecule has 1 aromatic rings. The number of anilines is 1. The predicted molar refractivity (Wildman–Crippen MR) is 109 cm³/mol. The molecule has 2 N–H and O–H groups in total. The largest absolute Gasteiger partial charge is 0.382 e. The first-order chi connectivity index (χ1) is 12.9. The maximum Gasteiger partial charge on any atom is 0.224 e. The Kier molecular flexibility index (Phi) is 6.78. The molecule has 9 heteroatoms. The molecule has 148 valence electrons. The van der Waals surface area contributed by atoms with Gasteiger partial charge in [0.15, 0.2) is 15.0 Å². The van der Waals surface area contributed by atoms with E-state index >= 15 is 0 Å². The van der Waals surface area contributed by atoms with E-state index in [9.17, 15) is 13.2 Å². The molecule has 7 nitrogen and oxygen atoms in total. The minimum Gasteiger partial charge on any atom is -0.382 e. The van der Waals surface area contributed by atoms with Crippen molar-refractivity contribution in [1.82, 2.24) is 5.32 Å². The minimum absolute atomic E-state index is 0.00281. The number of thioether (sulfide) groups is 1. The van der Waals surface area contributed by atoms with Crippen LogP contribution in [0.15, 0.2) is 29.3 Å². The standard InChI is InChI=1S/C18H25N3O4S2/c1-2-25-9-3-8-19-17(22)10-13-4-6-14(7-5-13)20-18-21-15-11-27(23,24)12-16(15)26-18/h4-7,15-16H,2-3,8-12H2,1H3,(H,19,22)(H,20,21)/t15-,16-/m1/s1. The van der Waals surface area contributed by atoms with Crippen LogP contribution in [0.2, 0.25) is 0 Å². The summed E-state index contributed by atoms with van der Waals surface area (Å²) in [5.74, 6) is 0.348. The van der Waals surface area contributed by atoms with Gasteiger partial charge in [-0.15, -0.1) is 0 Å². The molecule has 1 fully saturated rings. The van der Waals surface area contributed by atoms with E-state index in [1.165, 1.54) is 11.8 Å². The second kappa shape index (κ2) is 9.07. The fraction of sp³-hybridized carbons (Fsp3) is 0.556. The molecule has 0 radical (unpaired) electrons. The average molecular weight is 412 g/mol. The zero-order chi connectivity index (χ0) is 19.3. The lowest BCUT2D eigenvalue weighted by Crippen LogP contribution is -2.26. The molecule has 27 heavy (non-hydrogen) atoms. The Hall–Kier alpha value is -1.58. The summed E-state index contributed by atoms with van der Waals surface area (Å²) in [5, 5.41) is 6.92. The summed E-state index contributed by atoms with van der Waals surface area (Å²) in [7, 11) is -2.93. The number of aliphatic imine (C=N–C) groups is 1. The first-order valence-corrected chi connectivity index (χ1v) is 11.8. The highest BCUT2D eigenvalue weighted by atomic mass is 32.2. The molecule has 2 heterocycles. The number of carbonyl (C=O) groups excluding carboxylic acids is 1. The van der Waals surface area contributed by atoms with Gasteiger partial charge in [0.05, 0.1) is 24.0 Å². The van der Waals surface area contributed by atoms with E-state index in [4.69, 9.17) is 4.74 Å². The number of amidine groups is 1. The molecule has 0 spiro atoms. The second-order valence-corrected chi connectivity index (χ2v) is 10.0. The van der Waals surface area contributed by atoms with E-state index in [0.717, 1.165) is 22.8 Å². The van der Waals surface area contributed by atoms with Crippen molar-refractivity contribution in [2.45, 2.75) is 31.1 Å². The number of nitrogens with one attached hydrogen (secondary N) is 2. The van der Waals surface area contributed by atoms with Gasteiger partial charge in [-0.2, -0.15) is 0 Å². The number of sulfone groups is 1. The highest BCUT2D eigenvalue weighted by molar-refractivity contribution is 8.15. The summed E-state index contributed by atoms with van der Waals surface area (Å²) < 4.78 is 28.4.